The van der Waals surface area contributed by atoms with Gasteiger partial charge in [-0.1, -0.05) is 22.0 Å². The van der Waals surface area contributed by atoms with Gasteiger partial charge in [0.2, 0.25) is 0 Å². The lowest BCUT2D eigenvalue weighted by atomic mass is 10.1. The van der Waals surface area contributed by atoms with Gasteiger partial charge in [-0.25, -0.2) is 0 Å². The molecule has 2 rings (SSSR count). The Morgan fingerprint density at radius 3 is 2.75 bits per heavy atom. The van der Waals surface area contributed by atoms with Gasteiger partial charge in [-0.15, -0.1) is 11.6 Å². The van der Waals surface area contributed by atoms with Crippen LogP contribution in [0.25, 0.3) is 0 Å². The number of hydrogen-bond acceptors (Lipinski definition) is 1. The molecule has 4 heteroatoms. The van der Waals surface area contributed by atoms with Gasteiger partial charge in [0, 0.05) is 15.9 Å². The van der Waals surface area contributed by atoms with Crippen LogP contribution in [0.15, 0.2) is 22.7 Å². The summed E-state index contributed by atoms with van der Waals surface area (Å²) in [5, 5.41) is 2.99. The number of alkyl halides is 1. The molecule has 86 valence electrons. The van der Waals surface area contributed by atoms with E-state index in [1.165, 1.54) is 0 Å². The summed E-state index contributed by atoms with van der Waals surface area (Å²) in [5.74, 6) is 0.449. The van der Waals surface area contributed by atoms with Gasteiger partial charge in [0.05, 0.1) is 5.54 Å². The van der Waals surface area contributed by atoms with E-state index in [2.05, 4.69) is 21.2 Å². The summed E-state index contributed by atoms with van der Waals surface area (Å²) in [5.41, 5.74) is 1.65. The number of hydrogen-bond donors (Lipinski definition) is 1. The van der Waals surface area contributed by atoms with E-state index in [1.54, 1.807) is 0 Å². The fourth-order valence-corrected chi connectivity index (χ4v) is 2.20. The second kappa shape index (κ2) is 4.38. The molecule has 16 heavy (non-hydrogen) atoms. The number of halogens is 2. The monoisotopic (exact) mass is 301 g/mol. The van der Waals surface area contributed by atoms with E-state index in [9.17, 15) is 4.79 Å². The van der Waals surface area contributed by atoms with Gasteiger partial charge in [0.1, 0.15) is 0 Å². The Morgan fingerprint density at radius 1 is 1.56 bits per heavy atom. The van der Waals surface area contributed by atoms with Gasteiger partial charge in [0.25, 0.3) is 5.91 Å². The molecule has 0 aliphatic heterocycles. The van der Waals surface area contributed by atoms with E-state index < -0.39 is 0 Å². The van der Waals surface area contributed by atoms with Crippen molar-refractivity contribution in [2.75, 3.05) is 5.88 Å². The summed E-state index contributed by atoms with van der Waals surface area (Å²) < 4.78 is 0.955. The van der Waals surface area contributed by atoms with Crippen LogP contribution in [0.4, 0.5) is 0 Å². The van der Waals surface area contributed by atoms with Crippen LogP contribution >= 0.6 is 27.5 Å². The summed E-state index contributed by atoms with van der Waals surface area (Å²) in [7, 11) is 0. The number of amides is 1. The van der Waals surface area contributed by atoms with E-state index in [1.807, 2.05) is 25.1 Å². The lowest BCUT2D eigenvalue weighted by Crippen LogP contribution is -2.38. The Balaban J connectivity index is 2.12. The summed E-state index contributed by atoms with van der Waals surface area (Å²) in [6, 6.07) is 5.61. The first-order valence-corrected chi connectivity index (χ1v) is 6.54. The average Bonchev–Trinajstić information content (AvgIpc) is 3.02. The third kappa shape index (κ3) is 2.41. The van der Waals surface area contributed by atoms with E-state index in [0.29, 0.717) is 11.4 Å². The molecule has 1 fully saturated rings. The van der Waals surface area contributed by atoms with Crippen molar-refractivity contribution in [2.24, 2.45) is 0 Å². The molecule has 1 N–H and O–H groups in total. The Labute approximate surface area is 108 Å². The number of carbonyl (C=O) groups is 1. The van der Waals surface area contributed by atoms with Crippen molar-refractivity contribution in [1.82, 2.24) is 5.32 Å². The molecule has 0 bridgehead atoms. The zero-order valence-electron chi connectivity index (χ0n) is 9.02. The Morgan fingerprint density at radius 2 is 2.25 bits per heavy atom. The number of benzene rings is 1. The largest absolute Gasteiger partial charge is 0.345 e. The van der Waals surface area contributed by atoms with Crippen molar-refractivity contribution in [3.05, 3.63) is 33.8 Å². The SMILES string of the molecule is Cc1ccc(C(=O)NC2(CCl)CC2)cc1Br. The van der Waals surface area contributed by atoms with Gasteiger partial charge >= 0.3 is 0 Å². The smallest absolute Gasteiger partial charge is 0.251 e. The zero-order valence-corrected chi connectivity index (χ0v) is 11.4. The first-order valence-electron chi connectivity index (χ1n) is 5.21. The summed E-state index contributed by atoms with van der Waals surface area (Å²) in [6.07, 6.45) is 1.96. The van der Waals surface area contributed by atoms with Crippen molar-refractivity contribution in [3.63, 3.8) is 0 Å². The predicted molar refractivity (Wildman–Crippen MR) is 69.0 cm³/mol. The van der Waals surface area contributed by atoms with Gasteiger partial charge in [-0.2, -0.15) is 0 Å². The normalized spacial score (nSPS) is 16.9. The Hall–Kier alpha value is -0.540. The summed E-state index contributed by atoms with van der Waals surface area (Å²) in [6.45, 7) is 1.99. The first-order chi connectivity index (χ1) is 7.56. The standard InChI is InChI=1S/C12H13BrClNO/c1-8-2-3-9(6-10(8)13)11(16)15-12(7-14)4-5-12/h2-3,6H,4-5,7H2,1H3,(H,15,16). The molecule has 1 aliphatic carbocycles. The van der Waals surface area contributed by atoms with Crippen LogP contribution in [0.1, 0.15) is 28.8 Å². The maximum absolute atomic E-state index is 11.9. The fourth-order valence-electron chi connectivity index (χ4n) is 1.49. The van der Waals surface area contributed by atoms with E-state index >= 15 is 0 Å². The van der Waals surface area contributed by atoms with Gasteiger partial charge in [0.15, 0.2) is 0 Å². The molecule has 1 saturated carbocycles. The Bertz CT molecular complexity index is 429. The van der Waals surface area contributed by atoms with Crippen molar-refractivity contribution in [2.45, 2.75) is 25.3 Å². The molecule has 0 heterocycles. The van der Waals surface area contributed by atoms with Crippen LogP contribution < -0.4 is 5.32 Å². The molecule has 0 spiro atoms. The number of aryl methyl sites for hydroxylation is 1. The minimum atomic E-state index is -0.143. The van der Waals surface area contributed by atoms with E-state index in [0.717, 1.165) is 22.9 Å². The molecular weight excluding hydrogens is 289 g/mol. The maximum atomic E-state index is 11.9. The van der Waals surface area contributed by atoms with Crippen molar-refractivity contribution in [3.8, 4) is 0 Å². The quantitative estimate of drug-likeness (QED) is 0.853. The van der Waals surface area contributed by atoms with Crippen LogP contribution in [-0.4, -0.2) is 17.3 Å². The number of nitrogens with one attached hydrogen (secondary N) is 1. The molecule has 1 aliphatic rings. The predicted octanol–water partition coefficient (Wildman–Crippen LogP) is 3.26. The lowest BCUT2D eigenvalue weighted by Gasteiger charge is -2.14. The number of carbonyl (C=O) groups excluding carboxylic acids is 1. The van der Waals surface area contributed by atoms with Crippen LogP contribution in [0.5, 0.6) is 0 Å². The third-order valence-electron chi connectivity index (χ3n) is 2.92. The minimum Gasteiger partial charge on any atom is -0.345 e. The minimum absolute atomic E-state index is 0.0427. The van der Waals surface area contributed by atoms with Crippen molar-refractivity contribution >= 4 is 33.4 Å². The highest BCUT2D eigenvalue weighted by atomic mass is 79.9. The highest BCUT2D eigenvalue weighted by molar-refractivity contribution is 9.10. The second-order valence-electron chi connectivity index (χ2n) is 4.33. The maximum Gasteiger partial charge on any atom is 0.251 e. The van der Waals surface area contributed by atoms with Crippen molar-refractivity contribution in [1.29, 1.82) is 0 Å². The van der Waals surface area contributed by atoms with Gasteiger partial charge < -0.3 is 5.32 Å². The molecule has 1 aromatic rings. The molecule has 0 unspecified atom stereocenters. The fraction of sp³-hybridized carbons (Fsp3) is 0.417. The third-order valence-corrected chi connectivity index (χ3v) is 4.29. The van der Waals surface area contributed by atoms with E-state index in [4.69, 9.17) is 11.6 Å². The second-order valence-corrected chi connectivity index (χ2v) is 5.45. The van der Waals surface area contributed by atoms with E-state index in [-0.39, 0.29) is 11.4 Å². The summed E-state index contributed by atoms with van der Waals surface area (Å²) in [4.78, 5) is 11.9. The number of rotatable bonds is 3. The molecule has 0 saturated heterocycles. The highest BCUT2D eigenvalue weighted by Gasteiger charge is 2.43. The molecule has 0 aromatic heterocycles. The van der Waals surface area contributed by atoms with Crippen LogP contribution in [0.2, 0.25) is 0 Å². The first kappa shape index (κ1) is 11.9. The molecule has 0 radical (unpaired) electrons. The van der Waals surface area contributed by atoms with Crippen LogP contribution in [0.3, 0.4) is 0 Å². The molecular formula is C12H13BrClNO. The van der Waals surface area contributed by atoms with Crippen molar-refractivity contribution < 1.29 is 4.79 Å². The molecule has 1 aromatic carbocycles. The topological polar surface area (TPSA) is 29.1 Å². The average molecular weight is 303 g/mol. The highest BCUT2D eigenvalue weighted by Crippen LogP contribution is 2.36. The van der Waals surface area contributed by atoms with Crippen LogP contribution in [0, 0.1) is 6.92 Å². The molecule has 1 amide bonds. The summed E-state index contributed by atoms with van der Waals surface area (Å²) >= 11 is 9.24. The van der Waals surface area contributed by atoms with Gasteiger partial charge in [-0.05, 0) is 37.5 Å². The van der Waals surface area contributed by atoms with Gasteiger partial charge in [-0.3, -0.25) is 4.79 Å². The molecule has 2 nitrogen and oxygen atoms in total. The zero-order chi connectivity index (χ0) is 11.8. The lowest BCUT2D eigenvalue weighted by molar-refractivity contribution is 0.0936. The van der Waals surface area contributed by atoms with Crippen LogP contribution in [-0.2, 0) is 0 Å². The molecule has 0 atom stereocenters. The Kier molecular flexibility index (Phi) is 3.27.